The van der Waals surface area contributed by atoms with Gasteiger partial charge in [0.25, 0.3) is 11.4 Å². The average molecular weight is 2040 g/mol. The Labute approximate surface area is 905 Å². The standard InChI is InChI=1S/C138H164N4O2S4/c1-11-19-27-35-43-51-63-97-75-98(64-52-44-36-28-20-12-2)80-109(79-97)137(110-81-99(65-53-45-37-29-21-13-3)76-100(82-110)66-54-46-38-30-22-14-4)121-93-113(91-119-125(123(95-139)141-9)115-87-105-71-59-61-73-107(105)89-117(115)129(119)143)145-131(121)133-127(137)135-136(147-133)128-134(148-135)132-122(94-114(146-132)92-120-126(124(96-140)142-10)116-88-106-72-60-62-74-108(106)90-118(116)130(120)144)138(128,111-83-101(67-55-47-39-31-23-15-5)77-102(84-111)68-56-48-40-32-24-16-6)112-85-103(69-57-49-41-33-25-17-7)78-104(86-112)70-58-50-42-34-26-18-8/h59-62,71-94H,11-58,63-70H2,1-8H3/b119-91-,120-92-,125-123-,126-124+. The van der Waals surface area contributed by atoms with Crippen molar-refractivity contribution in [3.05, 3.63) is 324 Å². The predicted molar refractivity (Wildman–Crippen MR) is 637 cm³/mol. The Morgan fingerprint density at radius 2 is 0.493 bits per heavy atom. The molecule has 148 heavy (non-hydrogen) atoms. The Balaban J connectivity index is 1.06. The number of carbonyl (C=O) groups excluding carboxylic acids is 2. The summed E-state index contributed by atoms with van der Waals surface area (Å²) >= 11 is 7.69. The lowest BCUT2D eigenvalue weighted by Crippen LogP contribution is -2.30. The summed E-state index contributed by atoms with van der Waals surface area (Å²) < 4.78 is 2.65. The Bertz CT molecular complexity index is 6180. The van der Waals surface area contributed by atoms with Crippen LogP contribution in [0.1, 0.15) is 494 Å². The molecule has 0 atom stereocenters. The highest BCUT2D eigenvalue weighted by atomic mass is 32.1. The second-order valence-corrected chi connectivity index (χ2v) is 48.2. The van der Waals surface area contributed by atoms with E-state index in [0.717, 1.165) is 134 Å². The van der Waals surface area contributed by atoms with Crippen LogP contribution in [0.2, 0.25) is 0 Å². The van der Waals surface area contributed by atoms with E-state index in [2.05, 4.69) is 199 Å². The zero-order valence-electron chi connectivity index (χ0n) is 91.0. The largest absolute Gasteiger partial charge is 0.289 e. The molecule has 12 aromatic rings. The molecule has 6 nitrogen and oxygen atoms in total. The lowest BCUT2D eigenvalue weighted by atomic mass is 9.65. The van der Waals surface area contributed by atoms with Crippen LogP contribution in [-0.2, 0) is 62.2 Å². The third-order valence-electron chi connectivity index (χ3n) is 32.8. The number of hydrogen-bond acceptors (Lipinski definition) is 8. The Morgan fingerprint density at radius 1 is 0.277 bits per heavy atom. The highest BCUT2D eigenvalue weighted by Crippen LogP contribution is 2.71. The van der Waals surface area contributed by atoms with Crippen LogP contribution in [0.3, 0.4) is 0 Å². The van der Waals surface area contributed by atoms with Gasteiger partial charge < -0.3 is 0 Å². The molecule has 772 valence electrons. The molecule has 0 unspecified atom stereocenters. The number of rotatable bonds is 62. The summed E-state index contributed by atoms with van der Waals surface area (Å²) in [5.74, 6) is -0.325. The van der Waals surface area contributed by atoms with Crippen LogP contribution in [0, 0.1) is 35.8 Å². The Hall–Kier alpha value is -10.4. The molecule has 0 saturated carbocycles. The molecule has 0 saturated heterocycles. The number of thiophene rings is 4. The van der Waals surface area contributed by atoms with Gasteiger partial charge in [0.1, 0.15) is 0 Å². The highest BCUT2D eigenvalue weighted by molar-refractivity contribution is 7.34. The molecule has 0 fully saturated rings. The van der Waals surface area contributed by atoms with Gasteiger partial charge in [0.15, 0.2) is 11.6 Å². The number of carbonyl (C=O) groups is 2. The van der Waals surface area contributed by atoms with Crippen LogP contribution < -0.4 is 0 Å². The highest BCUT2D eigenvalue weighted by Gasteiger charge is 2.56. The Kier molecular flexibility index (Phi) is 41.0. The van der Waals surface area contributed by atoms with Crippen molar-refractivity contribution in [1.82, 2.24) is 0 Å². The summed E-state index contributed by atoms with van der Waals surface area (Å²) in [6, 6.07) is 66.3. The molecule has 4 aliphatic rings. The fraction of sp³-hybridized carbons (Fsp3) is 0.478. The van der Waals surface area contributed by atoms with Gasteiger partial charge in [-0.25, -0.2) is 20.2 Å². The molecule has 4 aromatic heterocycles. The summed E-state index contributed by atoms with van der Waals surface area (Å²) in [6.07, 6.45) is 69.9. The Morgan fingerprint density at radius 3 is 0.709 bits per heavy atom. The van der Waals surface area contributed by atoms with Crippen molar-refractivity contribution in [1.29, 1.82) is 10.5 Å². The number of nitriles is 2. The first-order valence-corrected chi connectivity index (χ1v) is 62.1. The first-order valence-electron chi connectivity index (χ1n) is 58.8. The zero-order chi connectivity index (χ0) is 103. The quantitative estimate of drug-likeness (QED) is 0.0164. The van der Waals surface area contributed by atoms with E-state index in [-0.39, 0.29) is 23.0 Å². The van der Waals surface area contributed by atoms with Crippen LogP contribution in [0.15, 0.2) is 180 Å². The molecule has 16 rings (SSSR count). The molecule has 10 heteroatoms. The fourth-order valence-electron chi connectivity index (χ4n) is 25.0. The van der Waals surface area contributed by atoms with Crippen molar-refractivity contribution in [2.45, 2.75) is 426 Å². The summed E-state index contributed by atoms with van der Waals surface area (Å²) in [4.78, 5) is 47.1. The first-order chi connectivity index (χ1) is 72.7. The second kappa shape index (κ2) is 55.1. The first kappa shape index (κ1) is 110. The van der Waals surface area contributed by atoms with E-state index in [9.17, 15) is 10.5 Å². The van der Waals surface area contributed by atoms with Crippen LogP contribution in [0.4, 0.5) is 0 Å². The second-order valence-electron chi connectivity index (χ2n) is 44.0. The molecule has 0 radical (unpaired) electrons. The summed E-state index contributed by atoms with van der Waals surface area (Å²) in [5.41, 5.74) is 23.7. The molecule has 0 bridgehead atoms. The summed E-state index contributed by atoms with van der Waals surface area (Å²) in [6.45, 7) is 36.2. The SMILES string of the molecule is [C-]#[N+]/C(C#N)=C1\C(=C\c2cc3c(s2)-c2sc4c5c(sc4c2C3(c2cc(CCCCCCCC)cc(CCCCCCCC)c2)c2cc(CCCCCCCC)cc(CCCCCCCC)c2)-c2sc(/C=C3\C(=O)c4cc6ccccc6cc4\C3=C(\C#N)[N+]#[C-])cc2C5(c2cc(CCCCCCCC)cc(CCCCCCCC)c2)c2cc(CCCCCCCC)cc(CCCCCCCC)c2)C(=O)c2cc3ccccc3cc21. The van der Waals surface area contributed by atoms with Crippen LogP contribution >= 0.6 is 45.3 Å². The van der Waals surface area contributed by atoms with Gasteiger partial charge in [0, 0.05) is 54.3 Å². The van der Waals surface area contributed by atoms with Crippen LogP contribution in [0.25, 0.3) is 83.4 Å². The smallest absolute Gasteiger partial charge is 0.270 e. The van der Waals surface area contributed by atoms with Crippen molar-refractivity contribution in [3.63, 3.8) is 0 Å². The molecule has 0 N–H and O–H groups in total. The third kappa shape index (κ3) is 25.3. The molecule has 8 aromatic carbocycles. The molecular weight excluding hydrogens is 1870 g/mol. The van der Waals surface area contributed by atoms with Gasteiger partial charge in [-0.05, 0) is 262 Å². The zero-order valence-corrected chi connectivity index (χ0v) is 94.3. The summed E-state index contributed by atoms with van der Waals surface area (Å²) in [5, 5.41) is 26.4. The molecule has 4 heterocycles. The van der Waals surface area contributed by atoms with Crippen molar-refractivity contribution < 1.29 is 9.59 Å². The molecule has 4 aliphatic carbocycles. The minimum atomic E-state index is -0.936. The topological polar surface area (TPSA) is 90.4 Å². The monoisotopic (exact) mass is 2040 g/mol. The van der Waals surface area contributed by atoms with Gasteiger partial charge in [-0.3, -0.25) is 9.59 Å². The predicted octanol–water partition coefficient (Wildman–Crippen LogP) is 42.2. The number of Topliss-reactive ketones (excluding diaryl/α,β-unsaturated/α-hetero) is 2. The van der Waals surface area contributed by atoms with Gasteiger partial charge in [-0.1, -0.05) is 434 Å². The molecular formula is C138H164N4O2S4. The molecule has 0 aliphatic heterocycles. The van der Waals surface area contributed by atoms with Crippen molar-refractivity contribution in [3.8, 4) is 31.6 Å². The van der Waals surface area contributed by atoms with Gasteiger partial charge in [0.2, 0.25) is 0 Å². The van der Waals surface area contributed by atoms with Gasteiger partial charge >= 0.3 is 0 Å². The van der Waals surface area contributed by atoms with Gasteiger partial charge in [-0.15, -0.1) is 45.3 Å². The third-order valence-corrected chi connectivity index (χ3v) is 37.8. The molecule has 0 amide bonds. The van der Waals surface area contributed by atoms with Gasteiger partial charge in [0.05, 0.1) is 65.0 Å². The van der Waals surface area contributed by atoms with E-state index in [1.807, 2.05) is 93.9 Å². The summed E-state index contributed by atoms with van der Waals surface area (Å²) in [7, 11) is 0. The lowest BCUT2D eigenvalue weighted by molar-refractivity contribution is 0.103. The number of nitrogens with zero attached hydrogens (tertiary/aromatic N) is 4. The van der Waals surface area contributed by atoms with Crippen LogP contribution in [-0.4, -0.2) is 11.6 Å². The number of ketones is 2. The van der Waals surface area contributed by atoms with Gasteiger partial charge in [-0.2, -0.15) is 0 Å². The minimum Gasteiger partial charge on any atom is -0.289 e. The number of allylic oxidation sites excluding steroid dienone is 6. The van der Waals surface area contributed by atoms with Crippen molar-refractivity contribution >= 4 is 111 Å². The maximum atomic E-state index is 16.1. The van der Waals surface area contributed by atoms with Crippen molar-refractivity contribution in [2.75, 3.05) is 0 Å². The number of hydrogen-bond donors (Lipinski definition) is 0. The normalized spacial score (nSPS) is 14.8. The maximum absolute atomic E-state index is 16.1. The van der Waals surface area contributed by atoms with E-state index < -0.39 is 10.8 Å². The number of aryl methyl sites for hydroxylation is 8. The number of fused-ring (bicyclic) bond motifs is 13. The van der Waals surface area contributed by atoms with Crippen molar-refractivity contribution in [2.24, 2.45) is 0 Å². The van der Waals surface area contributed by atoms with E-state index in [4.69, 9.17) is 13.1 Å². The lowest BCUT2D eigenvalue weighted by Gasteiger charge is -2.35. The average Bonchev–Trinajstić information content (AvgIpc) is 1.48. The molecule has 0 spiro atoms. The maximum Gasteiger partial charge on any atom is 0.270 e. The number of benzene rings is 8. The van der Waals surface area contributed by atoms with E-state index in [0.29, 0.717) is 44.5 Å². The number of unbranched alkanes of at least 4 members (excludes halogenated alkanes) is 40. The van der Waals surface area contributed by atoms with E-state index in [1.54, 1.807) is 0 Å². The van der Waals surface area contributed by atoms with E-state index in [1.165, 1.54) is 375 Å². The minimum absolute atomic E-state index is 0.0752. The fourth-order valence-corrected chi connectivity index (χ4v) is 30.7. The van der Waals surface area contributed by atoms with Crippen LogP contribution in [0.5, 0.6) is 0 Å². The van der Waals surface area contributed by atoms with E-state index >= 15 is 9.59 Å².